The first-order valence-corrected chi connectivity index (χ1v) is 6.53. The summed E-state index contributed by atoms with van der Waals surface area (Å²) in [5, 5.41) is 3.15. The van der Waals surface area contributed by atoms with E-state index >= 15 is 0 Å². The first-order valence-electron chi connectivity index (χ1n) is 6.53. The van der Waals surface area contributed by atoms with Crippen LogP contribution in [0.3, 0.4) is 0 Å². The molecule has 0 spiro atoms. The summed E-state index contributed by atoms with van der Waals surface area (Å²) in [5.41, 5.74) is 14.5. The second-order valence-electron chi connectivity index (χ2n) is 4.60. The Bertz CT molecular complexity index is 718. The van der Waals surface area contributed by atoms with Crippen molar-refractivity contribution in [1.82, 2.24) is 9.97 Å². The summed E-state index contributed by atoms with van der Waals surface area (Å²) < 4.78 is 0. The van der Waals surface area contributed by atoms with Crippen LogP contribution < -0.4 is 16.8 Å². The fraction of sp³-hybridized carbons (Fsp3) is 0. The van der Waals surface area contributed by atoms with Gasteiger partial charge in [-0.2, -0.15) is 9.97 Å². The summed E-state index contributed by atoms with van der Waals surface area (Å²) in [6, 6.07) is 19.9. The molecule has 5 N–H and O–H groups in total. The molecule has 2 aromatic carbocycles. The average molecular weight is 277 g/mol. The molecule has 0 bridgehead atoms. The smallest absolute Gasteiger partial charge is 0.223 e. The standard InChI is InChI=1S/C16H15N5/c17-14-10-15(21-16(18)20-14)19-13-8-6-12(7-9-13)11-4-2-1-3-5-11/h1-10H,(H5,17,18,19,20,21). The predicted molar refractivity (Wildman–Crippen MR) is 86.0 cm³/mol. The SMILES string of the molecule is Nc1cc(Nc2ccc(-c3ccccc3)cc2)nc(N)n1. The van der Waals surface area contributed by atoms with E-state index in [1.165, 1.54) is 5.56 Å². The van der Waals surface area contributed by atoms with Crippen molar-refractivity contribution in [2.24, 2.45) is 0 Å². The van der Waals surface area contributed by atoms with Crippen molar-refractivity contribution < 1.29 is 0 Å². The molecule has 0 aliphatic heterocycles. The van der Waals surface area contributed by atoms with Gasteiger partial charge in [-0.25, -0.2) is 0 Å². The van der Waals surface area contributed by atoms with Crippen LogP contribution >= 0.6 is 0 Å². The van der Waals surface area contributed by atoms with Gasteiger partial charge < -0.3 is 16.8 Å². The van der Waals surface area contributed by atoms with E-state index in [1.54, 1.807) is 6.07 Å². The normalized spacial score (nSPS) is 10.3. The maximum Gasteiger partial charge on any atom is 0.223 e. The number of nitrogens with zero attached hydrogens (tertiary/aromatic N) is 2. The molecule has 0 radical (unpaired) electrons. The van der Waals surface area contributed by atoms with Crippen LogP contribution in [-0.4, -0.2) is 9.97 Å². The second-order valence-corrected chi connectivity index (χ2v) is 4.60. The van der Waals surface area contributed by atoms with E-state index in [4.69, 9.17) is 11.5 Å². The fourth-order valence-electron chi connectivity index (χ4n) is 2.07. The first kappa shape index (κ1) is 12.9. The van der Waals surface area contributed by atoms with Crippen LogP contribution in [0.25, 0.3) is 11.1 Å². The molecule has 1 heterocycles. The molecule has 0 aliphatic carbocycles. The van der Waals surface area contributed by atoms with Crippen molar-refractivity contribution in [2.75, 3.05) is 16.8 Å². The fourth-order valence-corrected chi connectivity index (χ4v) is 2.07. The van der Waals surface area contributed by atoms with Gasteiger partial charge in [-0.1, -0.05) is 42.5 Å². The quantitative estimate of drug-likeness (QED) is 0.684. The summed E-state index contributed by atoms with van der Waals surface area (Å²) in [4.78, 5) is 7.92. The first-order chi connectivity index (χ1) is 10.2. The van der Waals surface area contributed by atoms with Crippen LogP contribution in [0.15, 0.2) is 60.7 Å². The van der Waals surface area contributed by atoms with Crippen LogP contribution in [0.2, 0.25) is 0 Å². The molecular formula is C16H15N5. The minimum atomic E-state index is 0.151. The van der Waals surface area contributed by atoms with E-state index in [-0.39, 0.29) is 5.95 Å². The zero-order valence-electron chi connectivity index (χ0n) is 11.3. The van der Waals surface area contributed by atoms with Gasteiger partial charge in [-0.15, -0.1) is 0 Å². The maximum absolute atomic E-state index is 5.64. The third-order valence-electron chi connectivity index (χ3n) is 3.03. The van der Waals surface area contributed by atoms with Crippen molar-refractivity contribution in [3.05, 3.63) is 60.7 Å². The topological polar surface area (TPSA) is 89.8 Å². The number of hydrogen-bond acceptors (Lipinski definition) is 5. The maximum atomic E-state index is 5.64. The number of nitrogen functional groups attached to an aromatic ring is 2. The number of nitrogens with two attached hydrogens (primary N) is 2. The van der Waals surface area contributed by atoms with Crippen molar-refractivity contribution >= 4 is 23.3 Å². The Labute approximate surface area is 122 Å². The highest BCUT2D eigenvalue weighted by atomic mass is 15.1. The Morgan fingerprint density at radius 1 is 0.762 bits per heavy atom. The summed E-state index contributed by atoms with van der Waals surface area (Å²) in [5.74, 6) is 1.07. The average Bonchev–Trinajstić information content (AvgIpc) is 2.48. The molecule has 0 atom stereocenters. The van der Waals surface area contributed by atoms with E-state index in [0.717, 1.165) is 11.3 Å². The molecule has 0 fully saturated rings. The molecule has 3 rings (SSSR count). The predicted octanol–water partition coefficient (Wildman–Crippen LogP) is 3.05. The lowest BCUT2D eigenvalue weighted by Gasteiger charge is -2.08. The number of aromatic nitrogens is 2. The molecule has 0 amide bonds. The molecule has 5 nitrogen and oxygen atoms in total. The van der Waals surface area contributed by atoms with Crippen LogP contribution in [0.5, 0.6) is 0 Å². The molecule has 0 aliphatic rings. The molecule has 104 valence electrons. The minimum Gasteiger partial charge on any atom is -0.383 e. The number of nitrogens with one attached hydrogen (secondary N) is 1. The van der Waals surface area contributed by atoms with E-state index in [2.05, 4.69) is 27.4 Å². The van der Waals surface area contributed by atoms with E-state index < -0.39 is 0 Å². The largest absolute Gasteiger partial charge is 0.383 e. The number of anilines is 4. The highest BCUT2D eigenvalue weighted by Gasteiger charge is 2.01. The molecule has 0 saturated carbocycles. The number of benzene rings is 2. The third-order valence-corrected chi connectivity index (χ3v) is 3.03. The molecule has 21 heavy (non-hydrogen) atoms. The van der Waals surface area contributed by atoms with Crippen LogP contribution in [0, 0.1) is 0 Å². The van der Waals surface area contributed by atoms with Gasteiger partial charge in [0.15, 0.2) is 0 Å². The summed E-state index contributed by atoms with van der Waals surface area (Å²) in [6.45, 7) is 0. The van der Waals surface area contributed by atoms with Crippen molar-refractivity contribution in [3.8, 4) is 11.1 Å². The van der Waals surface area contributed by atoms with Gasteiger partial charge in [0.25, 0.3) is 0 Å². The molecule has 1 aromatic heterocycles. The Morgan fingerprint density at radius 3 is 2.10 bits per heavy atom. The Balaban J connectivity index is 1.81. The summed E-state index contributed by atoms with van der Waals surface area (Å²) >= 11 is 0. The lowest BCUT2D eigenvalue weighted by Crippen LogP contribution is -2.02. The van der Waals surface area contributed by atoms with Crippen LogP contribution in [0.4, 0.5) is 23.3 Å². The second kappa shape index (κ2) is 5.50. The number of hydrogen-bond donors (Lipinski definition) is 3. The highest BCUT2D eigenvalue weighted by Crippen LogP contribution is 2.23. The molecule has 3 aromatic rings. The van der Waals surface area contributed by atoms with Gasteiger partial charge in [-0.05, 0) is 23.3 Å². The van der Waals surface area contributed by atoms with Gasteiger partial charge in [0.05, 0.1) is 0 Å². The zero-order valence-corrected chi connectivity index (χ0v) is 11.3. The lowest BCUT2D eigenvalue weighted by molar-refractivity contribution is 1.19. The summed E-state index contributed by atoms with van der Waals surface area (Å²) in [6.07, 6.45) is 0. The molecule has 0 unspecified atom stereocenters. The van der Waals surface area contributed by atoms with Crippen molar-refractivity contribution in [3.63, 3.8) is 0 Å². The van der Waals surface area contributed by atoms with Gasteiger partial charge in [0.2, 0.25) is 5.95 Å². The highest BCUT2D eigenvalue weighted by molar-refractivity contribution is 5.68. The Kier molecular flexibility index (Phi) is 3.39. The third kappa shape index (κ3) is 3.09. The minimum absolute atomic E-state index is 0.151. The van der Waals surface area contributed by atoms with Gasteiger partial charge in [0.1, 0.15) is 11.6 Å². The van der Waals surface area contributed by atoms with Crippen LogP contribution in [-0.2, 0) is 0 Å². The van der Waals surface area contributed by atoms with Crippen molar-refractivity contribution in [1.29, 1.82) is 0 Å². The van der Waals surface area contributed by atoms with E-state index in [1.807, 2.05) is 42.5 Å². The van der Waals surface area contributed by atoms with Crippen LogP contribution in [0.1, 0.15) is 0 Å². The van der Waals surface area contributed by atoms with E-state index in [0.29, 0.717) is 11.6 Å². The summed E-state index contributed by atoms with van der Waals surface area (Å²) in [7, 11) is 0. The van der Waals surface area contributed by atoms with E-state index in [9.17, 15) is 0 Å². The van der Waals surface area contributed by atoms with Gasteiger partial charge in [0, 0.05) is 11.8 Å². The monoisotopic (exact) mass is 277 g/mol. The van der Waals surface area contributed by atoms with Gasteiger partial charge in [-0.3, -0.25) is 0 Å². The Morgan fingerprint density at radius 2 is 1.43 bits per heavy atom. The zero-order chi connectivity index (χ0) is 14.7. The number of rotatable bonds is 3. The lowest BCUT2D eigenvalue weighted by atomic mass is 10.1. The Hall–Kier alpha value is -3.08. The molecule has 5 heteroatoms. The van der Waals surface area contributed by atoms with Gasteiger partial charge >= 0.3 is 0 Å². The molecule has 0 saturated heterocycles. The molecular weight excluding hydrogens is 262 g/mol. The van der Waals surface area contributed by atoms with Crippen molar-refractivity contribution in [2.45, 2.75) is 0 Å².